The van der Waals surface area contributed by atoms with Gasteiger partial charge >= 0.3 is 0 Å². The van der Waals surface area contributed by atoms with Crippen molar-refractivity contribution in [3.63, 3.8) is 0 Å². The van der Waals surface area contributed by atoms with E-state index in [0.29, 0.717) is 18.6 Å². The summed E-state index contributed by atoms with van der Waals surface area (Å²) in [4.78, 5) is 0. The van der Waals surface area contributed by atoms with Gasteiger partial charge in [0, 0.05) is 12.1 Å². The SMILES string of the molecule is CN[C@@H]1[C@@H](O)[C@@H](O[C@@H]2[C@@H](O)[C@@H](O[C@H]3OC(CN)=CC[C@H]3N)[C@@H](N)C[C@H]2N)OC[C@]1(C)O. The first kappa shape index (κ1) is 24.7. The highest BCUT2D eigenvalue weighted by Gasteiger charge is 2.50. The van der Waals surface area contributed by atoms with Crippen molar-refractivity contribution in [2.24, 2.45) is 22.9 Å². The smallest absolute Gasteiger partial charge is 0.215 e. The van der Waals surface area contributed by atoms with Gasteiger partial charge in [0.2, 0.25) is 6.29 Å². The summed E-state index contributed by atoms with van der Waals surface area (Å²) < 4.78 is 23.1. The van der Waals surface area contributed by atoms with Crippen molar-refractivity contribution < 1.29 is 34.3 Å². The number of nitrogens with one attached hydrogen (secondary N) is 1. The minimum absolute atomic E-state index is 0.0727. The van der Waals surface area contributed by atoms with E-state index >= 15 is 0 Å². The number of aliphatic hydroxyl groups excluding tert-OH is 2. The first-order valence-corrected chi connectivity index (χ1v) is 10.6. The Morgan fingerprint density at radius 3 is 2.29 bits per heavy atom. The number of nitrogens with two attached hydrogens (primary N) is 4. The van der Waals surface area contributed by atoms with Crippen LogP contribution in [0.5, 0.6) is 0 Å². The summed E-state index contributed by atoms with van der Waals surface area (Å²) in [5.41, 5.74) is 22.9. The van der Waals surface area contributed by atoms with Crippen LogP contribution in [0.4, 0.5) is 0 Å². The molecule has 1 saturated carbocycles. The summed E-state index contributed by atoms with van der Waals surface area (Å²) in [5, 5.41) is 34.9. The Bertz CT molecular complexity index is 639. The first-order chi connectivity index (χ1) is 14.6. The molecule has 0 aromatic heterocycles. The zero-order valence-corrected chi connectivity index (χ0v) is 18.0. The second kappa shape index (κ2) is 9.93. The molecule has 31 heavy (non-hydrogen) atoms. The van der Waals surface area contributed by atoms with Crippen molar-refractivity contribution in [1.29, 1.82) is 0 Å². The van der Waals surface area contributed by atoms with Crippen LogP contribution in [0.3, 0.4) is 0 Å². The van der Waals surface area contributed by atoms with Crippen LogP contribution in [-0.4, -0.2) is 102 Å². The second-order valence-electron chi connectivity index (χ2n) is 8.81. The van der Waals surface area contributed by atoms with Gasteiger partial charge in [-0.1, -0.05) is 0 Å². The van der Waals surface area contributed by atoms with E-state index in [1.807, 2.05) is 0 Å². The van der Waals surface area contributed by atoms with Gasteiger partial charge < -0.3 is 62.5 Å². The summed E-state index contributed by atoms with van der Waals surface area (Å²) in [6.07, 6.45) is -3.56. The molecule has 3 aliphatic rings. The quantitative estimate of drug-likeness (QED) is 0.196. The Kier molecular flexibility index (Phi) is 7.92. The molecule has 0 bridgehead atoms. The first-order valence-electron chi connectivity index (χ1n) is 10.6. The molecule has 2 aliphatic heterocycles. The zero-order chi connectivity index (χ0) is 22.9. The molecule has 12 heteroatoms. The Morgan fingerprint density at radius 2 is 1.71 bits per heavy atom. The number of hydrogen-bond donors (Lipinski definition) is 8. The van der Waals surface area contributed by atoms with Gasteiger partial charge in [-0.15, -0.1) is 0 Å². The summed E-state index contributed by atoms with van der Waals surface area (Å²) in [7, 11) is 1.62. The molecule has 11 atom stereocenters. The van der Waals surface area contributed by atoms with Crippen LogP contribution >= 0.6 is 0 Å². The maximum Gasteiger partial charge on any atom is 0.215 e. The second-order valence-corrected chi connectivity index (χ2v) is 8.81. The fourth-order valence-electron chi connectivity index (χ4n) is 4.44. The Hall–Kier alpha value is -0.900. The topological polar surface area (TPSA) is 214 Å². The zero-order valence-electron chi connectivity index (χ0n) is 18.0. The van der Waals surface area contributed by atoms with Gasteiger partial charge in [0.05, 0.1) is 25.2 Å². The Morgan fingerprint density at radius 1 is 1.10 bits per heavy atom. The van der Waals surface area contributed by atoms with Crippen LogP contribution in [0.25, 0.3) is 0 Å². The molecule has 2 heterocycles. The summed E-state index contributed by atoms with van der Waals surface area (Å²) in [5.74, 6) is 0.555. The molecule has 180 valence electrons. The number of ether oxygens (including phenoxy) is 4. The van der Waals surface area contributed by atoms with E-state index < -0.39 is 66.8 Å². The highest BCUT2D eigenvalue weighted by Crippen LogP contribution is 2.31. The van der Waals surface area contributed by atoms with Gasteiger partial charge in [0.25, 0.3) is 0 Å². The van der Waals surface area contributed by atoms with Crippen LogP contribution in [0.2, 0.25) is 0 Å². The predicted molar refractivity (Wildman–Crippen MR) is 110 cm³/mol. The van der Waals surface area contributed by atoms with Crippen LogP contribution < -0.4 is 28.3 Å². The minimum Gasteiger partial charge on any atom is -0.467 e. The van der Waals surface area contributed by atoms with E-state index in [4.69, 9.17) is 41.9 Å². The lowest BCUT2D eigenvalue weighted by atomic mass is 9.84. The molecule has 2 fully saturated rings. The molecule has 12 N–H and O–H groups in total. The van der Waals surface area contributed by atoms with Crippen molar-refractivity contribution in [3.8, 4) is 0 Å². The lowest BCUT2D eigenvalue weighted by Crippen LogP contribution is -2.68. The highest BCUT2D eigenvalue weighted by molar-refractivity contribution is 5.04. The van der Waals surface area contributed by atoms with Crippen molar-refractivity contribution >= 4 is 0 Å². The van der Waals surface area contributed by atoms with Crippen molar-refractivity contribution in [1.82, 2.24) is 5.32 Å². The monoisotopic (exact) mass is 447 g/mol. The van der Waals surface area contributed by atoms with Crippen LogP contribution in [0, 0.1) is 0 Å². The lowest BCUT2D eigenvalue weighted by molar-refractivity contribution is -0.303. The molecule has 1 saturated heterocycles. The maximum atomic E-state index is 11.0. The van der Waals surface area contributed by atoms with E-state index in [1.165, 1.54) is 0 Å². The van der Waals surface area contributed by atoms with Gasteiger partial charge in [-0.05, 0) is 32.9 Å². The third-order valence-corrected chi connectivity index (χ3v) is 6.22. The number of likely N-dealkylation sites (N-methyl/N-ethyl adjacent to an activating group) is 1. The highest BCUT2D eigenvalue weighted by atomic mass is 16.7. The molecular formula is C19H37N5O7. The average Bonchev–Trinajstić information content (AvgIpc) is 2.71. The van der Waals surface area contributed by atoms with E-state index in [1.54, 1.807) is 20.0 Å². The normalized spacial score (nSPS) is 48.7. The third-order valence-electron chi connectivity index (χ3n) is 6.22. The molecule has 0 radical (unpaired) electrons. The minimum atomic E-state index is -1.29. The molecule has 0 aromatic rings. The fraction of sp³-hybridized carbons (Fsp3) is 0.895. The number of aliphatic hydroxyl groups is 3. The third kappa shape index (κ3) is 5.20. The van der Waals surface area contributed by atoms with Gasteiger partial charge in [0.1, 0.15) is 35.8 Å². The van der Waals surface area contributed by atoms with Crippen molar-refractivity contribution in [2.45, 2.75) is 86.5 Å². The molecule has 0 aromatic carbocycles. The van der Waals surface area contributed by atoms with Crippen LogP contribution in [0.1, 0.15) is 19.8 Å². The van der Waals surface area contributed by atoms with Crippen molar-refractivity contribution in [3.05, 3.63) is 11.8 Å². The molecular weight excluding hydrogens is 410 g/mol. The molecule has 1 aliphatic carbocycles. The number of hydrogen-bond acceptors (Lipinski definition) is 12. The molecule has 0 amide bonds. The van der Waals surface area contributed by atoms with E-state index in [0.717, 1.165) is 0 Å². The van der Waals surface area contributed by atoms with Gasteiger partial charge in [0.15, 0.2) is 6.29 Å². The average molecular weight is 448 g/mol. The fourth-order valence-corrected chi connectivity index (χ4v) is 4.44. The van der Waals surface area contributed by atoms with Gasteiger partial charge in [-0.25, -0.2) is 0 Å². The van der Waals surface area contributed by atoms with Gasteiger partial charge in [-0.2, -0.15) is 0 Å². The Labute approximate surface area is 181 Å². The predicted octanol–water partition coefficient (Wildman–Crippen LogP) is -3.85. The largest absolute Gasteiger partial charge is 0.467 e. The Balaban J connectivity index is 1.69. The lowest BCUT2D eigenvalue weighted by Gasteiger charge is -2.48. The molecule has 0 unspecified atom stereocenters. The van der Waals surface area contributed by atoms with Gasteiger partial charge in [-0.3, -0.25) is 0 Å². The van der Waals surface area contributed by atoms with Crippen molar-refractivity contribution in [2.75, 3.05) is 20.2 Å². The summed E-state index contributed by atoms with van der Waals surface area (Å²) in [6.45, 7) is 1.68. The molecule has 0 spiro atoms. The van der Waals surface area contributed by atoms with E-state index in [2.05, 4.69) is 5.32 Å². The molecule has 3 rings (SSSR count). The van der Waals surface area contributed by atoms with E-state index in [-0.39, 0.29) is 13.2 Å². The summed E-state index contributed by atoms with van der Waals surface area (Å²) in [6, 6.07) is -2.37. The summed E-state index contributed by atoms with van der Waals surface area (Å²) >= 11 is 0. The van der Waals surface area contributed by atoms with Crippen LogP contribution in [-0.2, 0) is 18.9 Å². The molecule has 12 nitrogen and oxygen atoms in total. The maximum absolute atomic E-state index is 11.0. The standard InChI is InChI=1S/C19H37N5O7/c1-19(27)7-28-18(13(26)16(19)24-2)31-15-11(23)5-10(22)14(12(15)25)30-17-9(21)4-3-8(6-20)29-17/h3,9-18,24-27H,4-7,20-23H2,1-2H3/t9-,10+,11-,12+,13-,14+,15+,16-,17-,18-,19+/m1/s1. The van der Waals surface area contributed by atoms with E-state index in [9.17, 15) is 15.3 Å². The van der Waals surface area contributed by atoms with Crippen LogP contribution in [0.15, 0.2) is 11.8 Å². The number of rotatable bonds is 6.